The van der Waals surface area contributed by atoms with E-state index in [2.05, 4.69) is 9.97 Å². The summed E-state index contributed by atoms with van der Waals surface area (Å²) in [6.07, 6.45) is 2.40. The Morgan fingerprint density at radius 3 is 2.65 bits per heavy atom. The van der Waals surface area contributed by atoms with E-state index in [9.17, 15) is 4.79 Å². The molecule has 0 N–H and O–H groups in total. The predicted molar refractivity (Wildman–Crippen MR) is 105 cm³/mol. The minimum Gasteiger partial charge on any atom is -0.383 e. The van der Waals surface area contributed by atoms with Crippen molar-refractivity contribution >= 4 is 34.4 Å². The van der Waals surface area contributed by atoms with E-state index >= 15 is 0 Å². The van der Waals surface area contributed by atoms with Gasteiger partial charge in [0.15, 0.2) is 5.65 Å². The highest BCUT2D eigenvalue weighted by atomic mass is 35.5. The molecule has 0 radical (unpaired) electrons. The normalized spacial score (nSPS) is 12.5. The SMILES string of the molecule is CC[C@H](COC)n1c(=O)c(C)nc2c(-c3ccc(Cl)cc3Cl)ccnc21. The molecule has 0 amide bonds. The molecule has 0 aliphatic heterocycles. The van der Waals surface area contributed by atoms with Crippen molar-refractivity contribution in [2.24, 2.45) is 0 Å². The Labute approximate surface area is 161 Å². The zero-order valence-electron chi connectivity index (χ0n) is 14.8. The van der Waals surface area contributed by atoms with Crippen molar-refractivity contribution in [3.8, 4) is 11.1 Å². The number of halogens is 2. The van der Waals surface area contributed by atoms with Crippen LogP contribution in [-0.4, -0.2) is 28.3 Å². The van der Waals surface area contributed by atoms with E-state index in [-0.39, 0.29) is 11.6 Å². The van der Waals surface area contributed by atoms with Gasteiger partial charge in [-0.25, -0.2) is 9.97 Å². The first-order valence-electron chi connectivity index (χ1n) is 8.30. The number of fused-ring (bicyclic) bond motifs is 1. The standard InChI is InChI=1S/C19H19Cl2N3O2/c1-4-13(10-26-3)24-18-17(23-11(2)19(24)25)15(7-8-22-18)14-6-5-12(20)9-16(14)21/h5-9,13H,4,10H2,1-3H3/t13-/m1/s1. The van der Waals surface area contributed by atoms with Crippen molar-refractivity contribution in [2.45, 2.75) is 26.3 Å². The number of ether oxygens (including phenoxy) is 1. The van der Waals surface area contributed by atoms with Crippen molar-refractivity contribution in [2.75, 3.05) is 13.7 Å². The maximum Gasteiger partial charge on any atom is 0.273 e. The molecule has 0 saturated carbocycles. The minimum atomic E-state index is -0.159. The molecule has 3 aromatic rings. The van der Waals surface area contributed by atoms with E-state index in [1.165, 1.54) is 0 Å². The molecule has 2 aromatic heterocycles. The van der Waals surface area contributed by atoms with Crippen LogP contribution < -0.4 is 5.56 Å². The van der Waals surface area contributed by atoms with Crippen LogP contribution >= 0.6 is 23.2 Å². The Balaban J connectivity index is 2.35. The Morgan fingerprint density at radius 2 is 2.00 bits per heavy atom. The molecule has 7 heteroatoms. The average Bonchev–Trinajstić information content (AvgIpc) is 2.61. The number of methoxy groups -OCH3 is 1. The van der Waals surface area contributed by atoms with Crippen LogP contribution in [0.2, 0.25) is 10.0 Å². The van der Waals surface area contributed by atoms with E-state index in [4.69, 9.17) is 27.9 Å². The fraction of sp³-hybridized carbons (Fsp3) is 0.316. The highest BCUT2D eigenvalue weighted by Crippen LogP contribution is 2.33. The molecule has 0 aliphatic rings. The molecule has 0 aliphatic carbocycles. The molecule has 136 valence electrons. The van der Waals surface area contributed by atoms with Gasteiger partial charge in [-0.1, -0.05) is 36.2 Å². The Morgan fingerprint density at radius 1 is 1.23 bits per heavy atom. The van der Waals surface area contributed by atoms with Crippen molar-refractivity contribution in [1.29, 1.82) is 0 Å². The quantitative estimate of drug-likeness (QED) is 0.633. The first kappa shape index (κ1) is 18.8. The molecule has 0 saturated heterocycles. The van der Waals surface area contributed by atoms with Crippen LogP contribution in [0.3, 0.4) is 0 Å². The number of pyridine rings is 1. The maximum atomic E-state index is 12.8. The molecule has 0 spiro atoms. The van der Waals surface area contributed by atoms with Crippen molar-refractivity contribution in [3.05, 3.63) is 56.6 Å². The first-order valence-corrected chi connectivity index (χ1v) is 9.05. The van der Waals surface area contributed by atoms with Crippen molar-refractivity contribution < 1.29 is 4.74 Å². The molecule has 5 nitrogen and oxygen atoms in total. The van der Waals surface area contributed by atoms with E-state index in [1.807, 2.05) is 19.1 Å². The third-order valence-corrected chi connectivity index (χ3v) is 4.91. The zero-order chi connectivity index (χ0) is 18.8. The van der Waals surface area contributed by atoms with Gasteiger partial charge in [0.1, 0.15) is 11.2 Å². The number of nitrogens with zero attached hydrogens (tertiary/aromatic N) is 3. The summed E-state index contributed by atoms with van der Waals surface area (Å²) in [6.45, 7) is 4.14. The number of hydrogen-bond donors (Lipinski definition) is 0. The Hall–Kier alpha value is -1.95. The third kappa shape index (κ3) is 3.34. The molecule has 1 atom stereocenters. The van der Waals surface area contributed by atoms with Gasteiger partial charge in [0.05, 0.1) is 12.6 Å². The largest absolute Gasteiger partial charge is 0.383 e. The summed E-state index contributed by atoms with van der Waals surface area (Å²) >= 11 is 12.4. The van der Waals surface area contributed by atoms with Gasteiger partial charge in [-0.15, -0.1) is 0 Å². The van der Waals surface area contributed by atoms with Gasteiger partial charge in [-0.2, -0.15) is 0 Å². The highest BCUT2D eigenvalue weighted by Gasteiger charge is 2.20. The van der Waals surface area contributed by atoms with E-state index < -0.39 is 0 Å². The topological polar surface area (TPSA) is 57.0 Å². The van der Waals surface area contributed by atoms with Gasteiger partial charge in [-0.05, 0) is 31.5 Å². The van der Waals surface area contributed by atoms with Crippen LogP contribution in [0.5, 0.6) is 0 Å². The van der Waals surface area contributed by atoms with E-state index in [0.29, 0.717) is 33.5 Å². The molecule has 0 unspecified atom stereocenters. The Kier molecular flexibility index (Phi) is 5.61. The summed E-state index contributed by atoms with van der Waals surface area (Å²) in [5, 5.41) is 1.08. The smallest absolute Gasteiger partial charge is 0.273 e. The molecule has 0 fully saturated rings. The van der Waals surface area contributed by atoms with Crippen LogP contribution in [0.25, 0.3) is 22.3 Å². The van der Waals surface area contributed by atoms with Crippen molar-refractivity contribution in [1.82, 2.24) is 14.5 Å². The summed E-state index contributed by atoms with van der Waals surface area (Å²) in [5.74, 6) is 0. The fourth-order valence-electron chi connectivity index (χ4n) is 3.05. The van der Waals surface area contributed by atoms with E-state index in [1.54, 1.807) is 36.9 Å². The summed E-state index contributed by atoms with van der Waals surface area (Å²) in [6, 6.07) is 7.03. The summed E-state index contributed by atoms with van der Waals surface area (Å²) < 4.78 is 6.97. The molecule has 1 aromatic carbocycles. The average molecular weight is 392 g/mol. The van der Waals surface area contributed by atoms with Gasteiger partial charge < -0.3 is 4.74 Å². The lowest BCUT2D eigenvalue weighted by Gasteiger charge is -2.20. The van der Waals surface area contributed by atoms with Crippen LogP contribution in [0.15, 0.2) is 35.3 Å². The third-order valence-electron chi connectivity index (χ3n) is 4.36. The monoisotopic (exact) mass is 391 g/mol. The summed E-state index contributed by atoms with van der Waals surface area (Å²) in [5.41, 5.74) is 3.00. The van der Waals surface area contributed by atoms with E-state index in [0.717, 1.165) is 17.5 Å². The second kappa shape index (κ2) is 7.74. The second-order valence-electron chi connectivity index (χ2n) is 6.04. The lowest BCUT2D eigenvalue weighted by atomic mass is 10.1. The van der Waals surface area contributed by atoms with Gasteiger partial charge in [0, 0.05) is 34.5 Å². The van der Waals surface area contributed by atoms with Crippen LogP contribution in [0.4, 0.5) is 0 Å². The Bertz CT molecular complexity index is 1020. The minimum absolute atomic E-state index is 0.125. The number of hydrogen-bond acceptors (Lipinski definition) is 4. The fourth-order valence-corrected chi connectivity index (χ4v) is 3.56. The van der Waals surface area contributed by atoms with Crippen LogP contribution in [-0.2, 0) is 4.74 Å². The number of rotatable bonds is 5. The van der Waals surface area contributed by atoms with Gasteiger partial charge in [0.25, 0.3) is 5.56 Å². The van der Waals surface area contributed by atoms with Crippen LogP contribution in [0, 0.1) is 6.92 Å². The number of aryl methyl sites for hydroxylation is 1. The molecular formula is C19H19Cl2N3O2. The van der Waals surface area contributed by atoms with Crippen LogP contribution in [0.1, 0.15) is 25.1 Å². The lowest BCUT2D eigenvalue weighted by Crippen LogP contribution is -2.30. The summed E-state index contributed by atoms with van der Waals surface area (Å²) in [7, 11) is 1.62. The molecule has 26 heavy (non-hydrogen) atoms. The van der Waals surface area contributed by atoms with Gasteiger partial charge in [-0.3, -0.25) is 9.36 Å². The molecular weight excluding hydrogens is 373 g/mol. The van der Waals surface area contributed by atoms with Gasteiger partial charge >= 0.3 is 0 Å². The maximum absolute atomic E-state index is 12.8. The zero-order valence-corrected chi connectivity index (χ0v) is 16.3. The predicted octanol–water partition coefficient (Wildman–Crippen LogP) is 4.67. The molecule has 2 heterocycles. The first-order chi connectivity index (χ1) is 12.5. The second-order valence-corrected chi connectivity index (χ2v) is 6.89. The molecule has 3 rings (SSSR count). The summed E-state index contributed by atoms with van der Waals surface area (Å²) in [4.78, 5) is 21.7. The van der Waals surface area contributed by atoms with Crippen molar-refractivity contribution in [3.63, 3.8) is 0 Å². The molecule has 0 bridgehead atoms. The number of aromatic nitrogens is 3. The lowest BCUT2D eigenvalue weighted by molar-refractivity contribution is 0.153. The highest BCUT2D eigenvalue weighted by molar-refractivity contribution is 6.36. The number of benzene rings is 1. The van der Waals surface area contributed by atoms with Gasteiger partial charge in [0.2, 0.25) is 0 Å².